The van der Waals surface area contributed by atoms with Gasteiger partial charge in [0.1, 0.15) is 11.2 Å². The molecule has 0 aliphatic carbocycles. The van der Waals surface area contributed by atoms with E-state index in [1.54, 1.807) is 41.5 Å². The summed E-state index contributed by atoms with van der Waals surface area (Å²) in [5.41, 5.74) is -1.08. The van der Waals surface area contributed by atoms with Crippen molar-refractivity contribution in [2.45, 2.75) is 72.1 Å². The zero-order valence-electron chi connectivity index (χ0n) is 13.6. The van der Waals surface area contributed by atoms with Crippen LogP contribution in [0.5, 0.6) is 0 Å². The Labute approximate surface area is 121 Å². The molecule has 2 amide bonds. The Morgan fingerprint density at radius 3 is 1.80 bits per heavy atom. The predicted octanol–water partition coefficient (Wildman–Crippen LogP) is 2.81. The predicted molar refractivity (Wildman–Crippen MR) is 77.7 cm³/mol. The molecule has 0 rings (SSSR count). The molecule has 0 aliphatic rings. The van der Waals surface area contributed by atoms with Crippen molar-refractivity contribution < 1.29 is 19.1 Å². The molecular weight excluding hydrogens is 260 g/mol. The van der Waals surface area contributed by atoms with Crippen LogP contribution >= 0.6 is 0 Å². The molecule has 6 nitrogen and oxygen atoms in total. The first-order valence-corrected chi connectivity index (χ1v) is 6.89. The van der Waals surface area contributed by atoms with Crippen LogP contribution in [0.25, 0.3) is 0 Å². The lowest BCUT2D eigenvalue weighted by Gasteiger charge is -2.24. The molecule has 0 radical (unpaired) electrons. The summed E-state index contributed by atoms with van der Waals surface area (Å²) < 4.78 is 10.3. The van der Waals surface area contributed by atoms with Crippen molar-refractivity contribution in [3.05, 3.63) is 0 Å². The Kier molecular flexibility index (Phi) is 6.82. The van der Waals surface area contributed by atoms with Crippen LogP contribution in [0.4, 0.5) is 9.59 Å². The average molecular weight is 288 g/mol. The molecule has 0 aliphatic heterocycles. The average Bonchev–Trinajstić information content (AvgIpc) is 2.18. The minimum Gasteiger partial charge on any atom is -0.444 e. The smallest absolute Gasteiger partial charge is 0.407 e. The van der Waals surface area contributed by atoms with Crippen molar-refractivity contribution in [3.8, 4) is 0 Å². The zero-order chi connectivity index (χ0) is 16.0. The zero-order valence-corrected chi connectivity index (χ0v) is 13.6. The Morgan fingerprint density at radius 1 is 0.950 bits per heavy atom. The van der Waals surface area contributed by atoms with Crippen molar-refractivity contribution in [2.75, 3.05) is 6.54 Å². The summed E-state index contributed by atoms with van der Waals surface area (Å²) in [6.07, 6.45) is -0.313. The SMILES string of the molecule is CC[C@H](CNC(=O)OC(C)(C)C)NC(=O)OC(C)(C)C. The fourth-order valence-electron chi connectivity index (χ4n) is 1.29. The lowest BCUT2D eigenvalue weighted by Crippen LogP contribution is -2.46. The molecule has 0 spiro atoms. The number of hydrogen-bond donors (Lipinski definition) is 2. The maximum Gasteiger partial charge on any atom is 0.407 e. The van der Waals surface area contributed by atoms with E-state index in [-0.39, 0.29) is 6.04 Å². The topological polar surface area (TPSA) is 76.7 Å². The second-order valence-corrected chi connectivity index (χ2v) is 6.63. The van der Waals surface area contributed by atoms with E-state index in [9.17, 15) is 9.59 Å². The fraction of sp³-hybridized carbons (Fsp3) is 0.857. The van der Waals surface area contributed by atoms with Gasteiger partial charge in [0.2, 0.25) is 0 Å². The van der Waals surface area contributed by atoms with Crippen molar-refractivity contribution in [1.29, 1.82) is 0 Å². The molecule has 0 saturated heterocycles. The molecular formula is C14H28N2O4. The second-order valence-electron chi connectivity index (χ2n) is 6.63. The molecule has 0 bridgehead atoms. The summed E-state index contributed by atoms with van der Waals surface area (Å²) in [5.74, 6) is 0. The van der Waals surface area contributed by atoms with E-state index in [1.807, 2.05) is 6.92 Å². The van der Waals surface area contributed by atoms with E-state index in [1.165, 1.54) is 0 Å². The summed E-state index contributed by atoms with van der Waals surface area (Å²) in [6, 6.07) is -0.197. The van der Waals surface area contributed by atoms with Crippen molar-refractivity contribution in [3.63, 3.8) is 0 Å². The standard InChI is InChI=1S/C14H28N2O4/c1-8-10(16-12(18)20-14(5,6)7)9-15-11(17)19-13(2,3)4/h10H,8-9H2,1-7H3,(H,15,17)(H,16,18)/t10-/m1/s1. The summed E-state index contributed by atoms with van der Waals surface area (Å²) in [6.45, 7) is 13.0. The van der Waals surface area contributed by atoms with Gasteiger partial charge in [-0.2, -0.15) is 0 Å². The first-order chi connectivity index (χ1) is 8.93. The maximum absolute atomic E-state index is 11.6. The normalized spacial score (nSPS) is 13.3. The lowest BCUT2D eigenvalue weighted by molar-refractivity contribution is 0.0462. The number of carbonyl (C=O) groups is 2. The highest BCUT2D eigenvalue weighted by atomic mass is 16.6. The molecule has 0 aromatic heterocycles. The fourth-order valence-corrected chi connectivity index (χ4v) is 1.29. The number of hydrogen-bond acceptors (Lipinski definition) is 4. The van der Waals surface area contributed by atoms with E-state index in [0.29, 0.717) is 13.0 Å². The molecule has 0 fully saturated rings. The van der Waals surface area contributed by atoms with Gasteiger partial charge in [-0.05, 0) is 48.0 Å². The number of carbonyl (C=O) groups excluding carboxylic acids is 2. The van der Waals surface area contributed by atoms with Gasteiger partial charge in [0.25, 0.3) is 0 Å². The van der Waals surface area contributed by atoms with Gasteiger partial charge in [0.15, 0.2) is 0 Å². The maximum atomic E-state index is 11.6. The van der Waals surface area contributed by atoms with Crippen molar-refractivity contribution >= 4 is 12.2 Å². The molecule has 6 heteroatoms. The monoisotopic (exact) mass is 288 g/mol. The highest BCUT2D eigenvalue weighted by Crippen LogP contribution is 2.08. The number of amides is 2. The second kappa shape index (κ2) is 7.36. The van der Waals surface area contributed by atoms with Crippen LogP contribution in [0, 0.1) is 0 Å². The molecule has 0 saturated carbocycles. The van der Waals surface area contributed by atoms with Crippen LogP contribution in [0.15, 0.2) is 0 Å². The van der Waals surface area contributed by atoms with E-state index >= 15 is 0 Å². The molecule has 0 heterocycles. The van der Waals surface area contributed by atoms with E-state index in [2.05, 4.69) is 10.6 Å². The van der Waals surface area contributed by atoms with Crippen LogP contribution in [-0.2, 0) is 9.47 Å². The van der Waals surface area contributed by atoms with Crippen LogP contribution in [0.2, 0.25) is 0 Å². The molecule has 118 valence electrons. The summed E-state index contributed by atoms with van der Waals surface area (Å²) in [4.78, 5) is 23.1. The van der Waals surface area contributed by atoms with Gasteiger partial charge in [-0.1, -0.05) is 6.92 Å². The van der Waals surface area contributed by atoms with Gasteiger partial charge < -0.3 is 20.1 Å². The van der Waals surface area contributed by atoms with Gasteiger partial charge >= 0.3 is 12.2 Å². The number of nitrogens with one attached hydrogen (secondary N) is 2. The third-order valence-corrected chi connectivity index (χ3v) is 2.11. The highest BCUT2D eigenvalue weighted by molar-refractivity contribution is 5.69. The van der Waals surface area contributed by atoms with Gasteiger partial charge in [-0.25, -0.2) is 9.59 Å². The Balaban J connectivity index is 4.17. The van der Waals surface area contributed by atoms with Crippen molar-refractivity contribution in [1.82, 2.24) is 10.6 Å². The Hall–Kier alpha value is -1.46. The third-order valence-electron chi connectivity index (χ3n) is 2.11. The number of rotatable bonds is 4. The molecule has 1 atom stereocenters. The van der Waals surface area contributed by atoms with Gasteiger partial charge in [0.05, 0.1) is 0 Å². The molecule has 0 unspecified atom stereocenters. The van der Waals surface area contributed by atoms with Crippen LogP contribution in [0.1, 0.15) is 54.9 Å². The molecule has 20 heavy (non-hydrogen) atoms. The molecule has 0 aromatic carbocycles. The first kappa shape index (κ1) is 18.5. The molecule has 2 N–H and O–H groups in total. The van der Waals surface area contributed by atoms with E-state index in [0.717, 1.165) is 0 Å². The van der Waals surface area contributed by atoms with Crippen LogP contribution in [0.3, 0.4) is 0 Å². The summed E-state index contributed by atoms with van der Waals surface area (Å²) in [7, 11) is 0. The quantitative estimate of drug-likeness (QED) is 0.834. The minimum atomic E-state index is -0.541. The van der Waals surface area contributed by atoms with Gasteiger partial charge in [0, 0.05) is 12.6 Å². The lowest BCUT2D eigenvalue weighted by atomic mass is 10.2. The Bertz CT molecular complexity index is 329. The van der Waals surface area contributed by atoms with E-state index in [4.69, 9.17) is 9.47 Å². The summed E-state index contributed by atoms with van der Waals surface area (Å²) in [5, 5.41) is 5.34. The van der Waals surface area contributed by atoms with Crippen LogP contribution in [-0.4, -0.2) is 36.0 Å². The Morgan fingerprint density at radius 2 is 1.40 bits per heavy atom. The van der Waals surface area contributed by atoms with Crippen LogP contribution < -0.4 is 10.6 Å². The van der Waals surface area contributed by atoms with Gasteiger partial charge in [-0.3, -0.25) is 0 Å². The number of ether oxygens (including phenoxy) is 2. The highest BCUT2D eigenvalue weighted by Gasteiger charge is 2.20. The minimum absolute atomic E-state index is 0.197. The number of alkyl carbamates (subject to hydrolysis) is 2. The summed E-state index contributed by atoms with van der Waals surface area (Å²) >= 11 is 0. The van der Waals surface area contributed by atoms with Crippen molar-refractivity contribution in [2.24, 2.45) is 0 Å². The van der Waals surface area contributed by atoms with E-state index < -0.39 is 23.4 Å². The third kappa shape index (κ3) is 10.5. The first-order valence-electron chi connectivity index (χ1n) is 6.89. The molecule has 0 aromatic rings. The van der Waals surface area contributed by atoms with Gasteiger partial charge in [-0.15, -0.1) is 0 Å². The largest absolute Gasteiger partial charge is 0.444 e.